The minimum Gasteiger partial charge on any atom is -0.448 e. The standard InChI is InChI=1S/C32H28N2O2/c35-32(36-20-30-27-12-3-1-10-25(27)26-11-2-4-13-28(26)30)34-22-8-5-9-23(34)19-21(18-22)24-14-6-16-31-29(24)15-7-17-33-31/h1-4,6-7,10-18,22-23,30H,5,8-9,19-20H2. The number of fused-ring (bicyclic) bond motifs is 6. The Hall–Kier alpha value is -3.92. The van der Waals surface area contributed by atoms with Crippen LogP contribution in [0.15, 0.2) is 91.1 Å². The first-order valence-electron chi connectivity index (χ1n) is 13.0. The van der Waals surface area contributed by atoms with E-state index in [1.807, 2.05) is 17.2 Å². The van der Waals surface area contributed by atoms with Gasteiger partial charge in [-0.3, -0.25) is 9.88 Å². The van der Waals surface area contributed by atoms with Gasteiger partial charge < -0.3 is 4.74 Å². The van der Waals surface area contributed by atoms with Crippen LogP contribution in [-0.4, -0.2) is 34.7 Å². The van der Waals surface area contributed by atoms with Crippen LogP contribution >= 0.6 is 0 Å². The van der Waals surface area contributed by atoms with Gasteiger partial charge in [0.1, 0.15) is 6.61 Å². The van der Waals surface area contributed by atoms with Gasteiger partial charge in [0.2, 0.25) is 0 Å². The van der Waals surface area contributed by atoms with Gasteiger partial charge in [-0.2, -0.15) is 0 Å². The maximum atomic E-state index is 13.5. The predicted molar refractivity (Wildman–Crippen MR) is 143 cm³/mol. The number of carbonyl (C=O) groups is 1. The molecule has 7 rings (SSSR count). The van der Waals surface area contributed by atoms with Gasteiger partial charge in [-0.1, -0.05) is 72.8 Å². The van der Waals surface area contributed by atoms with Gasteiger partial charge in [0, 0.05) is 23.5 Å². The Kier molecular flexibility index (Phi) is 5.12. The highest BCUT2D eigenvalue weighted by Crippen LogP contribution is 2.45. The molecule has 2 bridgehead atoms. The number of carbonyl (C=O) groups excluding carboxylic acids is 1. The summed E-state index contributed by atoms with van der Waals surface area (Å²) >= 11 is 0. The van der Waals surface area contributed by atoms with E-state index >= 15 is 0 Å². The second kappa shape index (κ2) is 8.63. The topological polar surface area (TPSA) is 42.4 Å². The summed E-state index contributed by atoms with van der Waals surface area (Å²) in [4.78, 5) is 20.1. The summed E-state index contributed by atoms with van der Waals surface area (Å²) in [6.45, 7) is 0.369. The molecule has 0 spiro atoms. The van der Waals surface area contributed by atoms with Crippen molar-refractivity contribution < 1.29 is 9.53 Å². The first kappa shape index (κ1) is 21.4. The zero-order chi connectivity index (χ0) is 24.1. The van der Waals surface area contributed by atoms with E-state index in [2.05, 4.69) is 83.9 Å². The molecule has 3 aromatic carbocycles. The number of ether oxygens (including phenoxy) is 1. The Bertz CT molecular complexity index is 1460. The van der Waals surface area contributed by atoms with Crippen molar-refractivity contribution in [2.24, 2.45) is 0 Å². The van der Waals surface area contributed by atoms with Crippen molar-refractivity contribution in [1.82, 2.24) is 9.88 Å². The minimum absolute atomic E-state index is 0.0788. The smallest absolute Gasteiger partial charge is 0.410 e. The zero-order valence-electron chi connectivity index (χ0n) is 20.1. The van der Waals surface area contributed by atoms with Gasteiger partial charge in [0.25, 0.3) is 0 Å². The van der Waals surface area contributed by atoms with Crippen molar-refractivity contribution in [3.63, 3.8) is 0 Å². The third kappa shape index (κ3) is 3.43. The lowest BCUT2D eigenvalue weighted by Gasteiger charge is -2.44. The molecule has 178 valence electrons. The summed E-state index contributed by atoms with van der Waals surface area (Å²) in [5.41, 5.74) is 8.58. The molecule has 1 saturated heterocycles. The number of hydrogen-bond donors (Lipinski definition) is 0. The molecular formula is C32H28N2O2. The Morgan fingerprint density at radius 2 is 1.61 bits per heavy atom. The average Bonchev–Trinajstić information content (AvgIpc) is 3.24. The highest BCUT2D eigenvalue weighted by Gasteiger charge is 2.39. The molecule has 3 aliphatic rings. The van der Waals surface area contributed by atoms with E-state index in [0.29, 0.717) is 6.61 Å². The van der Waals surface area contributed by atoms with Crippen molar-refractivity contribution in [1.29, 1.82) is 0 Å². The van der Waals surface area contributed by atoms with Crippen molar-refractivity contribution in [2.75, 3.05) is 6.61 Å². The number of piperidine rings is 1. The number of nitrogens with zero attached hydrogens (tertiary/aromatic N) is 2. The molecule has 4 nitrogen and oxygen atoms in total. The average molecular weight is 473 g/mol. The molecule has 36 heavy (non-hydrogen) atoms. The molecule has 4 aromatic rings. The lowest BCUT2D eigenvalue weighted by atomic mass is 9.82. The minimum atomic E-state index is -0.179. The molecular weight excluding hydrogens is 444 g/mol. The summed E-state index contributed by atoms with van der Waals surface area (Å²) in [5.74, 6) is 0.0836. The largest absolute Gasteiger partial charge is 0.448 e. The third-order valence-electron chi connectivity index (χ3n) is 8.18. The molecule has 1 amide bonds. The van der Waals surface area contributed by atoms with Crippen LogP contribution in [0, 0.1) is 0 Å². The van der Waals surface area contributed by atoms with Gasteiger partial charge in [-0.15, -0.1) is 0 Å². The van der Waals surface area contributed by atoms with Gasteiger partial charge in [0.05, 0.1) is 11.6 Å². The van der Waals surface area contributed by atoms with Crippen LogP contribution in [0.5, 0.6) is 0 Å². The fourth-order valence-corrected chi connectivity index (χ4v) is 6.57. The van der Waals surface area contributed by atoms with Crippen LogP contribution in [0.4, 0.5) is 4.79 Å². The van der Waals surface area contributed by atoms with Gasteiger partial charge >= 0.3 is 6.09 Å². The first-order chi connectivity index (χ1) is 17.8. The third-order valence-corrected chi connectivity index (χ3v) is 8.18. The van der Waals surface area contributed by atoms with Gasteiger partial charge in [-0.05, 0) is 71.2 Å². The lowest BCUT2D eigenvalue weighted by Crippen LogP contribution is -2.51. The first-order valence-corrected chi connectivity index (χ1v) is 13.0. The molecule has 1 aromatic heterocycles. The van der Waals surface area contributed by atoms with Crippen LogP contribution < -0.4 is 0 Å². The molecule has 1 aliphatic carbocycles. The molecule has 0 saturated carbocycles. The molecule has 1 fully saturated rings. The Labute approximate surface area is 211 Å². The van der Waals surface area contributed by atoms with Crippen molar-refractivity contribution in [2.45, 2.75) is 43.7 Å². The van der Waals surface area contributed by atoms with E-state index < -0.39 is 0 Å². The van der Waals surface area contributed by atoms with E-state index in [1.165, 1.54) is 38.8 Å². The summed E-state index contributed by atoms with van der Waals surface area (Å²) in [7, 11) is 0. The molecule has 2 aliphatic heterocycles. The normalized spacial score (nSPS) is 20.6. The molecule has 2 atom stereocenters. The van der Waals surface area contributed by atoms with E-state index in [9.17, 15) is 4.79 Å². The van der Waals surface area contributed by atoms with E-state index in [1.54, 1.807) is 0 Å². The number of rotatable bonds is 3. The number of aromatic nitrogens is 1. The summed E-state index contributed by atoms with van der Waals surface area (Å²) in [6, 6.07) is 27.7. The maximum absolute atomic E-state index is 13.5. The number of pyridine rings is 1. The SMILES string of the molecule is O=C(OCC1c2ccccc2-c2ccccc21)N1C2C=C(c3cccc4ncccc34)CC1CCC2. The predicted octanol–water partition coefficient (Wildman–Crippen LogP) is 7.19. The van der Waals surface area contributed by atoms with Crippen molar-refractivity contribution in [3.8, 4) is 11.1 Å². The number of benzene rings is 3. The van der Waals surface area contributed by atoms with Gasteiger partial charge in [0.15, 0.2) is 0 Å². The van der Waals surface area contributed by atoms with E-state index in [-0.39, 0.29) is 24.1 Å². The molecule has 0 N–H and O–H groups in total. The van der Waals surface area contributed by atoms with Crippen LogP contribution in [0.25, 0.3) is 27.6 Å². The number of amides is 1. The molecule has 0 radical (unpaired) electrons. The molecule has 4 heteroatoms. The van der Waals surface area contributed by atoms with Crippen LogP contribution in [0.2, 0.25) is 0 Å². The molecule has 3 heterocycles. The highest BCUT2D eigenvalue weighted by atomic mass is 16.6. The van der Waals surface area contributed by atoms with Crippen molar-refractivity contribution in [3.05, 3.63) is 108 Å². The fourth-order valence-electron chi connectivity index (χ4n) is 6.57. The van der Waals surface area contributed by atoms with Crippen LogP contribution in [0.1, 0.15) is 48.3 Å². The Morgan fingerprint density at radius 3 is 2.39 bits per heavy atom. The summed E-state index contributed by atoms with van der Waals surface area (Å²) in [5, 5.41) is 1.18. The van der Waals surface area contributed by atoms with E-state index in [4.69, 9.17) is 4.74 Å². The maximum Gasteiger partial charge on any atom is 0.410 e. The number of hydrogen-bond acceptors (Lipinski definition) is 3. The second-order valence-corrected chi connectivity index (χ2v) is 10.1. The monoisotopic (exact) mass is 472 g/mol. The highest BCUT2D eigenvalue weighted by molar-refractivity contribution is 5.92. The Morgan fingerprint density at radius 1 is 0.861 bits per heavy atom. The fraction of sp³-hybridized carbons (Fsp3) is 0.250. The zero-order valence-corrected chi connectivity index (χ0v) is 20.1. The quantitative estimate of drug-likeness (QED) is 0.317. The summed E-state index contributed by atoms with van der Waals surface area (Å²) < 4.78 is 6.07. The Balaban J connectivity index is 1.14. The lowest BCUT2D eigenvalue weighted by molar-refractivity contribution is 0.0539. The van der Waals surface area contributed by atoms with Crippen LogP contribution in [-0.2, 0) is 4.74 Å². The van der Waals surface area contributed by atoms with E-state index in [0.717, 1.165) is 31.2 Å². The van der Waals surface area contributed by atoms with Gasteiger partial charge in [-0.25, -0.2) is 4.79 Å². The summed E-state index contributed by atoms with van der Waals surface area (Å²) in [6.07, 6.45) is 7.96. The second-order valence-electron chi connectivity index (χ2n) is 10.1. The molecule has 2 unspecified atom stereocenters. The van der Waals surface area contributed by atoms with Crippen molar-refractivity contribution >= 4 is 22.6 Å². The van der Waals surface area contributed by atoms with Crippen LogP contribution in [0.3, 0.4) is 0 Å².